The quantitative estimate of drug-likeness (QED) is 0.890. The summed E-state index contributed by atoms with van der Waals surface area (Å²) < 4.78 is 13.0. The molecule has 0 aliphatic carbocycles. The lowest BCUT2D eigenvalue weighted by molar-refractivity contribution is 0.628. The SMILES string of the molecule is CC(N)Cc1nc(-c2cccc(F)c2)cs1. The van der Waals surface area contributed by atoms with Gasteiger partial charge >= 0.3 is 0 Å². The first-order chi connectivity index (χ1) is 7.65. The Morgan fingerprint density at radius 2 is 2.31 bits per heavy atom. The Balaban J connectivity index is 2.24. The summed E-state index contributed by atoms with van der Waals surface area (Å²) in [6.07, 6.45) is 0.764. The van der Waals surface area contributed by atoms with E-state index in [9.17, 15) is 4.39 Å². The summed E-state index contributed by atoms with van der Waals surface area (Å²) in [5, 5.41) is 2.93. The van der Waals surface area contributed by atoms with Crippen LogP contribution in [0.25, 0.3) is 11.3 Å². The first-order valence-corrected chi connectivity index (χ1v) is 5.99. The van der Waals surface area contributed by atoms with Gasteiger partial charge in [0.15, 0.2) is 0 Å². The summed E-state index contributed by atoms with van der Waals surface area (Å²) in [6, 6.07) is 6.57. The maximum atomic E-state index is 13.0. The molecule has 1 unspecified atom stereocenters. The Morgan fingerprint density at radius 3 is 3.00 bits per heavy atom. The van der Waals surface area contributed by atoms with Gasteiger partial charge < -0.3 is 5.73 Å². The van der Waals surface area contributed by atoms with E-state index >= 15 is 0 Å². The molecule has 2 aromatic rings. The molecule has 0 fully saturated rings. The van der Waals surface area contributed by atoms with Crippen molar-refractivity contribution >= 4 is 11.3 Å². The molecule has 2 N–H and O–H groups in total. The van der Waals surface area contributed by atoms with Gasteiger partial charge in [0.05, 0.1) is 10.7 Å². The van der Waals surface area contributed by atoms with Crippen LogP contribution in [0.2, 0.25) is 0 Å². The zero-order valence-corrected chi connectivity index (χ0v) is 9.80. The Labute approximate surface area is 97.9 Å². The van der Waals surface area contributed by atoms with Crippen LogP contribution in [0.3, 0.4) is 0 Å². The van der Waals surface area contributed by atoms with Gasteiger partial charge in [0.2, 0.25) is 0 Å². The van der Waals surface area contributed by atoms with E-state index in [1.165, 1.54) is 12.1 Å². The highest BCUT2D eigenvalue weighted by atomic mass is 32.1. The van der Waals surface area contributed by atoms with Crippen molar-refractivity contribution in [3.8, 4) is 11.3 Å². The first-order valence-electron chi connectivity index (χ1n) is 5.11. The molecule has 16 heavy (non-hydrogen) atoms. The van der Waals surface area contributed by atoms with Crippen molar-refractivity contribution in [1.29, 1.82) is 0 Å². The van der Waals surface area contributed by atoms with Crippen molar-refractivity contribution in [2.45, 2.75) is 19.4 Å². The second-order valence-electron chi connectivity index (χ2n) is 3.82. The fourth-order valence-electron chi connectivity index (χ4n) is 1.46. The fraction of sp³-hybridized carbons (Fsp3) is 0.250. The molecule has 2 nitrogen and oxygen atoms in total. The van der Waals surface area contributed by atoms with Gasteiger partial charge in [-0.05, 0) is 19.1 Å². The molecule has 0 saturated carbocycles. The van der Waals surface area contributed by atoms with Crippen LogP contribution in [-0.4, -0.2) is 11.0 Å². The molecular formula is C12H13FN2S. The van der Waals surface area contributed by atoms with E-state index in [0.717, 1.165) is 22.7 Å². The average Bonchev–Trinajstić information content (AvgIpc) is 2.65. The first kappa shape index (κ1) is 11.2. The van der Waals surface area contributed by atoms with E-state index in [-0.39, 0.29) is 11.9 Å². The molecule has 0 saturated heterocycles. The zero-order chi connectivity index (χ0) is 11.5. The van der Waals surface area contributed by atoms with E-state index in [0.29, 0.717) is 0 Å². The molecule has 2 rings (SSSR count). The summed E-state index contributed by atoms with van der Waals surface area (Å²) >= 11 is 1.57. The molecule has 0 aliphatic heterocycles. The van der Waals surface area contributed by atoms with Crippen molar-refractivity contribution < 1.29 is 4.39 Å². The highest BCUT2D eigenvalue weighted by Crippen LogP contribution is 2.22. The largest absolute Gasteiger partial charge is 0.328 e. The molecule has 1 atom stereocenters. The van der Waals surface area contributed by atoms with E-state index in [2.05, 4.69) is 4.98 Å². The van der Waals surface area contributed by atoms with Crippen LogP contribution in [0.5, 0.6) is 0 Å². The van der Waals surface area contributed by atoms with Crippen LogP contribution >= 0.6 is 11.3 Å². The predicted octanol–water partition coefficient (Wildman–Crippen LogP) is 2.84. The van der Waals surface area contributed by atoms with Gasteiger partial charge in [-0.1, -0.05) is 12.1 Å². The standard InChI is InChI=1S/C12H13FN2S/c1-8(14)5-12-15-11(7-16-12)9-3-2-4-10(13)6-9/h2-4,6-8H,5,14H2,1H3. The van der Waals surface area contributed by atoms with Crippen molar-refractivity contribution in [1.82, 2.24) is 4.98 Å². The molecule has 84 valence electrons. The average molecular weight is 236 g/mol. The van der Waals surface area contributed by atoms with E-state index in [1.807, 2.05) is 18.4 Å². The van der Waals surface area contributed by atoms with Crippen LogP contribution in [0.4, 0.5) is 4.39 Å². The number of benzene rings is 1. The maximum absolute atomic E-state index is 13.0. The van der Waals surface area contributed by atoms with Crippen LogP contribution in [0.15, 0.2) is 29.6 Å². The lowest BCUT2D eigenvalue weighted by Gasteiger charge is -1.99. The molecule has 1 heterocycles. The number of thiazole rings is 1. The van der Waals surface area contributed by atoms with Gasteiger partial charge in [0.1, 0.15) is 5.82 Å². The number of hydrogen-bond acceptors (Lipinski definition) is 3. The molecule has 0 spiro atoms. The summed E-state index contributed by atoms with van der Waals surface area (Å²) in [7, 11) is 0. The lowest BCUT2D eigenvalue weighted by atomic mass is 10.2. The summed E-state index contributed by atoms with van der Waals surface area (Å²) in [4.78, 5) is 4.43. The molecular weight excluding hydrogens is 223 g/mol. The van der Waals surface area contributed by atoms with E-state index in [4.69, 9.17) is 5.73 Å². The van der Waals surface area contributed by atoms with Gasteiger partial charge in [-0.25, -0.2) is 9.37 Å². The minimum Gasteiger partial charge on any atom is -0.328 e. The summed E-state index contributed by atoms with van der Waals surface area (Å²) in [6.45, 7) is 1.95. The fourth-order valence-corrected chi connectivity index (χ4v) is 2.41. The highest BCUT2D eigenvalue weighted by Gasteiger charge is 2.06. The number of nitrogens with zero attached hydrogens (tertiary/aromatic N) is 1. The van der Waals surface area contributed by atoms with Gasteiger partial charge in [0, 0.05) is 23.4 Å². The van der Waals surface area contributed by atoms with E-state index in [1.54, 1.807) is 17.4 Å². The van der Waals surface area contributed by atoms with Gasteiger partial charge in [-0.15, -0.1) is 11.3 Å². The van der Waals surface area contributed by atoms with Gasteiger partial charge in [0.25, 0.3) is 0 Å². The Kier molecular flexibility index (Phi) is 3.31. The number of hydrogen-bond donors (Lipinski definition) is 1. The summed E-state index contributed by atoms with van der Waals surface area (Å²) in [5.74, 6) is -0.237. The number of aromatic nitrogens is 1. The molecule has 0 amide bonds. The minimum absolute atomic E-state index is 0.103. The third-order valence-corrected chi connectivity index (χ3v) is 3.04. The minimum atomic E-state index is -0.237. The lowest BCUT2D eigenvalue weighted by Crippen LogP contribution is -2.17. The number of halogens is 1. The number of nitrogens with two attached hydrogens (primary N) is 1. The molecule has 1 aromatic carbocycles. The van der Waals surface area contributed by atoms with Crippen molar-refractivity contribution in [2.75, 3.05) is 0 Å². The zero-order valence-electron chi connectivity index (χ0n) is 8.98. The monoisotopic (exact) mass is 236 g/mol. The Hall–Kier alpha value is -1.26. The van der Waals surface area contributed by atoms with Crippen LogP contribution in [0.1, 0.15) is 11.9 Å². The van der Waals surface area contributed by atoms with Crippen LogP contribution in [-0.2, 0) is 6.42 Å². The molecule has 4 heteroatoms. The normalized spacial score (nSPS) is 12.7. The number of rotatable bonds is 3. The highest BCUT2D eigenvalue weighted by molar-refractivity contribution is 7.09. The molecule has 1 aromatic heterocycles. The van der Waals surface area contributed by atoms with Gasteiger partial charge in [-0.3, -0.25) is 0 Å². The molecule has 0 bridgehead atoms. The summed E-state index contributed by atoms with van der Waals surface area (Å²) in [5.41, 5.74) is 7.33. The second kappa shape index (κ2) is 4.72. The molecule has 0 aliphatic rings. The van der Waals surface area contributed by atoms with Crippen molar-refractivity contribution in [2.24, 2.45) is 5.73 Å². The topological polar surface area (TPSA) is 38.9 Å². The predicted molar refractivity (Wildman–Crippen MR) is 64.9 cm³/mol. The Bertz CT molecular complexity index is 479. The second-order valence-corrected chi connectivity index (χ2v) is 4.76. The smallest absolute Gasteiger partial charge is 0.123 e. The maximum Gasteiger partial charge on any atom is 0.123 e. The van der Waals surface area contributed by atoms with Crippen molar-refractivity contribution in [3.05, 3.63) is 40.5 Å². The van der Waals surface area contributed by atoms with Crippen molar-refractivity contribution in [3.63, 3.8) is 0 Å². The third kappa shape index (κ3) is 2.65. The van der Waals surface area contributed by atoms with Crippen LogP contribution in [0, 0.1) is 5.82 Å². The molecule has 0 radical (unpaired) electrons. The van der Waals surface area contributed by atoms with Crippen LogP contribution < -0.4 is 5.73 Å². The van der Waals surface area contributed by atoms with E-state index < -0.39 is 0 Å². The third-order valence-electron chi connectivity index (χ3n) is 2.17. The van der Waals surface area contributed by atoms with Gasteiger partial charge in [-0.2, -0.15) is 0 Å². The Morgan fingerprint density at radius 1 is 1.50 bits per heavy atom.